The second-order valence-corrected chi connectivity index (χ2v) is 5.19. The topological polar surface area (TPSA) is 35.2 Å². The van der Waals surface area contributed by atoms with E-state index < -0.39 is 5.82 Å². The molecule has 0 aliphatic carbocycles. The molecule has 0 spiro atoms. The van der Waals surface area contributed by atoms with Crippen LogP contribution in [0, 0.1) is 5.82 Å². The van der Waals surface area contributed by atoms with Gasteiger partial charge in [0.05, 0.1) is 5.69 Å². The largest absolute Gasteiger partial charge is 0.452 e. The smallest absolute Gasteiger partial charge is 0.166 e. The summed E-state index contributed by atoms with van der Waals surface area (Å²) < 4.78 is 20.5. The van der Waals surface area contributed by atoms with Gasteiger partial charge >= 0.3 is 0 Å². The Bertz CT molecular complexity index is 511. The Hall–Kier alpha value is -1.07. The summed E-state index contributed by atoms with van der Waals surface area (Å²) in [6.45, 7) is 0. The number of hydrogen-bond donors (Lipinski definition) is 1. The molecule has 2 aromatic rings. The lowest BCUT2D eigenvalue weighted by Crippen LogP contribution is -1.93. The highest BCUT2D eigenvalue weighted by molar-refractivity contribution is 9.10. The van der Waals surface area contributed by atoms with Crippen molar-refractivity contribution < 1.29 is 9.13 Å². The second-order valence-electron chi connectivity index (χ2n) is 3.36. The van der Waals surface area contributed by atoms with Crippen LogP contribution in [0.25, 0.3) is 0 Å². The van der Waals surface area contributed by atoms with Crippen molar-refractivity contribution in [2.75, 3.05) is 5.73 Å². The van der Waals surface area contributed by atoms with Crippen molar-refractivity contribution >= 4 is 37.5 Å². The van der Waals surface area contributed by atoms with E-state index >= 15 is 0 Å². The monoisotopic (exact) mass is 359 g/mol. The quantitative estimate of drug-likeness (QED) is 0.786. The minimum absolute atomic E-state index is 0.141. The molecular formula is C12H8Br2FNO. The summed E-state index contributed by atoms with van der Waals surface area (Å²) in [6, 6.07) is 9.74. The molecule has 5 heteroatoms. The first-order chi connectivity index (χ1) is 8.06. The predicted octanol–water partition coefficient (Wildman–Crippen LogP) is 4.73. The van der Waals surface area contributed by atoms with Crippen molar-refractivity contribution in [3.05, 3.63) is 51.2 Å². The summed E-state index contributed by atoms with van der Waals surface area (Å²) in [7, 11) is 0. The Morgan fingerprint density at radius 2 is 1.53 bits per heavy atom. The first-order valence-corrected chi connectivity index (χ1v) is 6.33. The van der Waals surface area contributed by atoms with Crippen LogP contribution < -0.4 is 10.5 Å². The van der Waals surface area contributed by atoms with E-state index in [1.54, 1.807) is 30.3 Å². The third-order valence-electron chi connectivity index (χ3n) is 2.09. The van der Waals surface area contributed by atoms with Gasteiger partial charge in [-0.3, -0.25) is 0 Å². The zero-order chi connectivity index (χ0) is 12.4. The number of anilines is 1. The molecule has 0 heterocycles. The van der Waals surface area contributed by atoms with Crippen LogP contribution in [0.4, 0.5) is 10.1 Å². The SMILES string of the molecule is Nc1cc(Br)ccc1Oc1ccc(Br)cc1F. The molecule has 0 fully saturated rings. The van der Waals surface area contributed by atoms with Gasteiger partial charge in [-0.05, 0) is 36.4 Å². The Morgan fingerprint density at radius 3 is 2.12 bits per heavy atom. The molecule has 0 aromatic heterocycles. The lowest BCUT2D eigenvalue weighted by atomic mass is 10.3. The van der Waals surface area contributed by atoms with Crippen molar-refractivity contribution in [2.24, 2.45) is 0 Å². The third kappa shape index (κ3) is 2.98. The standard InChI is InChI=1S/C12H8Br2FNO/c13-7-1-3-11(9(15)5-7)17-12-4-2-8(14)6-10(12)16/h1-6H,16H2. The van der Waals surface area contributed by atoms with Crippen molar-refractivity contribution in [1.82, 2.24) is 0 Å². The van der Waals surface area contributed by atoms with E-state index in [1.807, 2.05) is 0 Å². The number of rotatable bonds is 2. The number of benzene rings is 2. The van der Waals surface area contributed by atoms with Gasteiger partial charge in [0.25, 0.3) is 0 Å². The fourth-order valence-corrected chi connectivity index (χ4v) is 2.00. The van der Waals surface area contributed by atoms with Crippen molar-refractivity contribution in [3.8, 4) is 11.5 Å². The predicted molar refractivity (Wildman–Crippen MR) is 72.7 cm³/mol. The van der Waals surface area contributed by atoms with Crippen LogP contribution in [-0.4, -0.2) is 0 Å². The van der Waals surface area contributed by atoms with E-state index in [4.69, 9.17) is 10.5 Å². The fourth-order valence-electron chi connectivity index (χ4n) is 1.29. The summed E-state index contributed by atoms with van der Waals surface area (Å²) in [6.07, 6.45) is 0. The second kappa shape index (κ2) is 5.06. The Kier molecular flexibility index (Phi) is 3.69. The van der Waals surface area contributed by atoms with Gasteiger partial charge in [0, 0.05) is 8.95 Å². The fraction of sp³-hybridized carbons (Fsp3) is 0. The van der Waals surface area contributed by atoms with Crippen molar-refractivity contribution in [1.29, 1.82) is 0 Å². The number of nitrogen functional groups attached to an aromatic ring is 1. The molecule has 0 bridgehead atoms. The maximum atomic E-state index is 13.5. The van der Waals surface area contributed by atoms with Gasteiger partial charge in [0.2, 0.25) is 0 Å². The number of hydrogen-bond acceptors (Lipinski definition) is 2. The Labute approximate surface area is 115 Å². The Morgan fingerprint density at radius 1 is 0.941 bits per heavy atom. The normalized spacial score (nSPS) is 10.3. The minimum Gasteiger partial charge on any atom is -0.452 e. The van der Waals surface area contributed by atoms with Crippen LogP contribution >= 0.6 is 31.9 Å². The maximum absolute atomic E-state index is 13.5. The highest BCUT2D eigenvalue weighted by Gasteiger charge is 2.07. The summed E-state index contributed by atoms with van der Waals surface area (Å²) in [5.74, 6) is 0.123. The molecule has 0 radical (unpaired) electrons. The van der Waals surface area contributed by atoms with Crippen LogP contribution in [0.3, 0.4) is 0 Å². The minimum atomic E-state index is -0.443. The summed E-state index contributed by atoms with van der Waals surface area (Å²) in [4.78, 5) is 0. The first-order valence-electron chi connectivity index (χ1n) is 4.74. The van der Waals surface area contributed by atoms with Crippen LogP contribution in [0.2, 0.25) is 0 Å². The van der Waals surface area contributed by atoms with Crippen LogP contribution in [-0.2, 0) is 0 Å². The van der Waals surface area contributed by atoms with Gasteiger partial charge in [-0.2, -0.15) is 0 Å². The van der Waals surface area contributed by atoms with Crippen LogP contribution in [0.15, 0.2) is 45.3 Å². The van der Waals surface area contributed by atoms with Gasteiger partial charge in [0.1, 0.15) is 0 Å². The van der Waals surface area contributed by atoms with E-state index in [2.05, 4.69) is 31.9 Å². The van der Waals surface area contributed by atoms with Crippen molar-refractivity contribution in [3.63, 3.8) is 0 Å². The van der Waals surface area contributed by atoms with Crippen LogP contribution in [0.5, 0.6) is 11.5 Å². The molecule has 2 nitrogen and oxygen atoms in total. The molecule has 2 rings (SSSR count). The third-order valence-corrected chi connectivity index (χ3v) is 3.07. The van der Waals surface area contributed by atoms with Gasteiger partial charge < -0.3 is 10.5 Å². The summed E-state index contributed by atoms with van der Waals surface area (Å²) >= 11 is 6.47. The number of ether oxygens (including phenoxy) is 1. The molecule has 17 heavy (non-hydrogen) atoms. The molecule has 0 aliphatic heterocycles. The zero-order valence-corrected chi connectivity index (χ0v) is 11.8. The lowest BCUT2D eigenvalue weighted by Gasteiger charge is -2.09. The van der Waals surface area contributed by atoms with Gasteiger partial charge in [-0.25, -0.2) is 4.39 Å². The molecule has 88 valence electrons. The van der Waals surface area contributed by atoms with E-state index in [1.165, 1.54) is 6.07 Å². The van der Waals surface area contributed by atoms with Gasteiger partial charge in [-0.1, -0.05) is 31.9 Å². The van der Waals surface area contributed by atoms with Crippen molar-refractivity contribution in [2.45, 2.75) is 0 Å². The highest BCUT2D eigenvalue weighted by atomic mass is 79.9. The molecule has 0 saturated carbocycles. The number of halogens is 3. The molecule has 0 amide bonds. The molecule has 0 unspecified atom stereocenters. The maximum Gasteiger partial charge on any atom is 0.166 e. The molecule has 2 aromatic carbocycles. The molecule has 0 aliphatic rings. The first kappa shape index (κ1) is 12.4. The molecule has 0 atom stereocenters. The average molecular weight is 361 g/mol. The highest BCUT2D eigenvalue weighted by Crippen LogP contribution is 2.32. The number of nitrogens with two attached hydrogens (primary N) is 1. The molecular weight excluding hydrogens is 353 g/mol. The van der Waals surface area contributed by atoms with E-state index in [0.29, 0.717) is 15.9 Å². The van der Waals surface area contributed by atoms with Gasteiger partial charge in [-0.15, -0.1) is 0 Å². The van der Waals surface area contributed by atoms with E-state index in [-0.39, 0.29) is 5.75 Å². The van der Waals surface area contributed by atoms with E-state index in [0.717, 1.165) is 4.47 Å². The molecule has 0 saturated heterocycles. The molecule has 2 N–H and O–H groups in total. The van der Waals surface area contributed by atoms with Crippen LogP contribution in [0.1, 0.15) is 0 Å². The summed E-state index contributed by atoms with van der Waals surface area (Å²) in [5, 5.41) is 0. The lowest BCUT2D eigenvalue weighted by molar-refractivity contribution is 0.444. The Balaban J connectivity index is 2.31. The van der Waals surface area contributed by atoms with Gasteiger partial charge in [0.15, 0.2) is 17.3 Å². The zero-order valence-electron chi connectivity index (χ0n) is 8.58. The van der Waals surface area contributed by atoms with E-state index in [9.17, 15) is 4.39 Å². The average Bonchev–Trinajstić information content (AvgIpc) is 2.25. The summed E-state index contributed by atoms with van der Waals surface area (Å²) in [5.41, 5.74) is 6.21.